The number of hydrogen-bond acceptors (Lipinski definition) is 7. The monoisotopic (exact) mass is 484 g/mol. The third-order valence-corrected chi connectivity index (χ3v) is 5.16. The second-order valence-electron chi connectivity index (χ2n) is 7.56. The Labute approximate surface area is 199 Å². The van der Waals surface area contributed by atoms with Crippen molar-refractivity contribution in [1.29, 1.82) is 0 Å². The summed E-state index contributed by atoms with van der Waals surface area (Å²) in [5.74, 6) is -0.725. The van der Waals surface area contributed by atoms with Crippen molar-refractivity contribution in [2.45, 2.75) is 25.9 Å². The minimum Gasteiger partial charge on any atom is -0.395 e. The SMILES string of the molecule is COC(C)C(=O)Nc1ncccc1CNc1ccccc1C(=O)Nc1ccc2c(c1)OC(F)(F)O2. The van der Waals surface area contributed by atoms with Crippen LogP contribution in [0.25, 0.3) is 0 Å². The first-order chi connectivity index (χ1) is 16.8. The quantitative estimate of drug-likeness (QED) is 0.439. The molecule has 1 aromatic heterocycles. The van der Waals surface area contributed by atoms with E-state index in [1.807, 2.05) is 0 Å². The summed E-state index contributed by atoms with van der Waals surface area (Å²) in [7, 11) is 1.44. The Bertz CT molecular complexity index is 1250. The Morgan fingerprint density at radius 3 is 2.63 bits per heavy atom. The number of halogens is 2. The first kappa shape index (κ1) is 23.9. The van der Waals surface area contributed by atoms with Crippen LogP contribution in [0.4, 0.5) is 26.0 Å². The number of para-hydroxylation sites is 1. The van der Waals surface area contributed by atoms with Crippen LogP contribution in [0.5, 0.6) is 11.5 Å². The van der Waals surface area contributed by atoms with Crippen LogP contribution in [0.1, 0.15) is 22.8 Å². The average Bonchev–Trinajstić information content (AvgIpc) is 3.16. The van der Waals surface area contributed by atoms with Crippen molar-refractivity contribution < 1.29 is 32.6 Å². The lowest BCUT2D eigenvalue weighted by Crippen LogP contribution is -2.27. The lowest BCUT2D eigenvalue weighted by molar-refractivity contribution is -0.286. The number of fused-ring (bicyclic) bond motifs is 1. The van der Waals surface area contributed by atoms with Crippen LogP contribution < -0.4 is 25.4 Å². The first-order valence-electron chi connectivity index (χ1n) is 10.6. The topological polar surface area (TPSA) is 111 Å². The molecule has 2 heterocycles. The maximum atomic E-state index is 13.3. The van der Waals surface area contributed by atoms with Gasteiger partial charge in [-0.2, -0.15) is 0 Å². The van der Waals surface area contributed by atoms with E-state index in [0.717, 1.165) is 0 Å². The lowest BCUT2D eigenvalue weighted by atomic mass is 10.1. The van der Waals surface area contributed by atoms with Gasteiger partial charge >= 0.3 is 6.29 Å². The maximum Gasteiger partial charge on any atom is 0.586 e. The van der Waals surface area contributed by atoms with Crippen LogP contribution >= 0.6 is 0 Å². The molecular formula is C24H22F2N4O5. The number of rotatable bonds is 8. The van der Waals surface area contributed by atoms with Crippen molar-refractivity contribution in [3.63, 3.8) is 0 Å². The fourth-order valence-corrected chi connectivity index (χ4v) is 3.27. The van der Waals surface area contributed by atoms with Crippen molar-refractivity contribution in [2.24, 2.45) is 0 Å². The molecule has 182 valence electrons. The lowest BCUT2D eigenvalue weighted by Gasteiger charge is -2.15. The van der Waals surface area contributed by atoms with Gasteiger partial charge in [0, 0.05) is 42.9 Å². The number of carbonyl (C=O) groups excluding carboxylic acids is 2. The highest BCUT2D eigenvalue weighted by atomic mass is 19.3. The van der Waals surface area contributed by atoms with E-state index in [1.165, 1.54) is 25.3 Å². The number of methoxy groups -OCH3 is 1. The molecule has 0 saturated heterocycles. The maximum absolute atomic E-state index is 13.3. The molecule has 1 aliphatic rings. The fourth-order valence-electron chi connectivity index (χ4n) is 3.27. The summed E-state index contributed by atoms with van der Waals surface area (Å²) >= 11 is 0. The van der Waals surface area contributed by atoms with Crippen LogP contribution in [0, 0.1) is 0 Å². The Kier molecular flexibility index (Phi) is 6.78. The average molecular weight is 484 g/mol. The Morgan fingerprint density at radius 2 is 1.83 bits per heavy atom. The third-order valence-electron chi connectivity index (χ3n) is 5.16. The zero-order valence-corrected chi connectivity index (χ0v) is 18.8. The highest BCUT2D eigenvalue weighted by molar-refractivity contribution is 6.08. The number of alkyl halides is 2. The summed E-state index contributed by atoms with van der Waals surface area (Å²) in [5.41, 5.74) is 1.78. The van der Waals surface area contributed by atoms with Gasteiger partial charge in [-0.1, -0.05) is 18.2 Å². The molecule has 2 amide bonds. The largest absolute Gasteiger partial charge is 0.586 e. The van der Waals surface area contributed by atoms with Crippen LogP contribution in [-0.4, -0.2) is 36.3 Å². The van der Waals surface area contributed by atoms with E-state index in [9.17, 15) is 18.4 Å². The molecule has 0 spiro atoms. The summed E-state index contributed by atoms with van der Waals surface area (Å²) in [6.07, 6.45) is -2.84. The fraction of sp³-hybridized carbons (Fsp3) is 0.208. The van der Waals surface area contributed by atoms with Gasteiger partial charge in [0.25, 0.3) is 11.8 Å². The van der Waals surface area contributed by atoms with Crippen LogP contribution in [-0.2, 0) is 16.1 Å². The molecule has 2 aromatic carbocycles. The molecule has 0 fully saturated rings. The molecule has 0 radical (unpaired) electrons. The number of aromatic nitrogens is 1. The molecule has 1 aliphatic heterocycles. The van der Waals surface area contributed by atoms with E-state index in [0.29, 0.717) is 22.6 Å². The molecule has 9 nitrogen and oxygen atoms in total. The smallest absolute Gasteiger partial charge is 0.395 e. The van der Waals surface area contributed by atoms with Crippen molar-refractivity contribution in [3.05, 3.63) is 71.9 Å². The van der Waals surface area contributed by atoms with E-state index in [-0.39, 0.29) is 29.6 Å². The number of carbonyl (C=O) groups is 2. The van der Waals surface area contributed by atoms with Gasteiger partial charge < -0.3 is 30.2 Å². The van der Waals surface area contributed by atoms with E-state index in [4.69, 9.17) is 4.74 Å². The third kappa shape index (κ3) is 5.64. The van der Waals surface area contributed by atoms with Gasteiger partial charge in [-0.25, -0.2) is 4.98 Å². The predicted molar refractivity (Wildman–Crippen MR) is 124 cm³/mol. The summed E-state index contributed by atoms with van der Waals surface area (Å²) in [5, 5.41) is 8.57. The number of hydrogen-bond donors (Lipinski definition) is 3. The Hall–Kier alpha value is -4.25. The summed E-state index contributed by atoms with van der Waals surface area (Å²) in [6.45, 7) is 1.88. The zero-order valence-electron chi connectivity index (χ0n) is 18.8. The Balaban J connectivity index is 1.46. The van der Waals surface area contributed by atoms with Gasteiger partial charge in [-0.05, 0) is 37.3 Å². The number of anilines is 3. The minimum atomic E-state index is -3.74. The number of pyridine rings is 1. The summed E-state index contributed by atoms with van der Waals surface area (Å²) < 4.78 is 40.3. The highest BCUT2D eigenvalue weighted by Crippen LogP contribution is 2.42. The number of nitrogens with zero attached hydrogens (tertiary/aromatic N) is 1. The van der Waals surface area contributed by atoms with E-state index in [1.54, 1.807) is 49.5 Å². The molecule has 1 atom stereocenters. The molecule has 0 bridgehead atoms. The van der Waals surface area contributed by atoms with Gasteiger partial charge in [0.05, 0.1) is 5.56 Å². The van der Waals surface area contributed by atoms with Crippen molar-refractivity contribution >= 4 is 29.0 Å². The predicted octanol–water partition coefficient (Wildman–Crippen LogP) is 4.24. The van der Waals surface area contributed by atoms with E-state index < -0.39 is 18.3 Å². The molecule has 11 heteroatoms. The van der Waals surface area contributed by atoms with E-state index >= 15 is 0 Å². The van der Waals surface area contributed by atoms with Gasteiger partial charge in [-0.3, -0.25) is 9.59 Å². The molecule has 3 aromatic rings. The molecule has 3 N–H and O–H groups in total. The van der Waals surface area contributed by atoms with Crippen LogP contribution in [0.2, 0.25) is 0 Å². The highest BCUT2D eigenvalue weighted by Gasteiger charge is 2.43. The molecular weight excluding hydrogens is 462 g/mol. The number of ether oxygens (including phenoxy) is 3. The molecule has 35 heavy (non-hydrogen) atoms. The Morgan fingerprint density at radius 1 is 1.06 bits per heavy atom. The first-order valence-corrected chi connectivity index (χ1v) is 10.6. The summed E-state index contributed by atoms with van der Waals surface area (Å²) in [4.78, 5) is 29.3. The van der Waals surface area contributed by atoms with Crippen molar-refractivity contribution in [1.82, 2.24) is 4.98 Å². The molecule has 4 rings (SSSR count). The van der Waals surface area contributed by atoms with Gasteiger partial charge in [0.2, 0.25) is 0 Å². The standard InChI is InChI=1S/C24H22F2N4O5/c1-14(33-2)22(31)30-21-15(6-5-11-27-21)13-28-18-8-4-3-7-17(18)23(32)29-16-9-10-19-20(12-16)35-24(25,26)34-19/h3-12,14,28H,13H2,1-2H3,(H,29,32)(H,27,30,31). The number of amides is 2. The molecule has 0 saturated carbocycles. The second-order valence-corrected chi connectivity index (χ2v) is 7.56. The summed E-state index contributed by atoms with van der Waals surface area (Å²) in [6, 6.07) is 14.3. The van der Waals surface area contributed by atoms with Crippen LogP contribution in [0.3, 0.4) is 0 Å². The van der Waals surface area contributed by atoms with Gasteiger partial charge in [0.1, 0.15) is 11.9 Å². The second kappa shape index (κ2) is 9.94. The van der Waals surface area contributed by atoms with Crippen molar-refractivity contribution in [3.8, 4) is 11.5 Å². The molecule has 1 unspecified atom stereocenters. The number of benzene rings is 2. The van der Waals surface area contributed by atoms with Crippen molar-refractivity contribution in [2.75, 3.05) is 23.1 Å². The van der Waals surface area contributed by atoms with Crippen LogP contribution in [0.15, 0.2) is 60.8 Å². The normalized spacial score (nSPS) is 14.2. The molecule has 0 aliphatic carbocycles. The van der Waals surface area contributed by atoms with E-state index in [2.05, 4.69) is 30.4 Å². The number of nitrogens with one attached hydrogen (secondary N) is 3. The minimum absolute atomic E-state index is 0.116. The zero-order chi connectivity index (χ0) is 25.0. The van der Waals surface area contributed by atoms with Gasteiger partial charge in [0.15, 0.2) is 11.5 Å². The van der Waals surface area contributed by atoms with Gasteiger partial charge in [-0.15, -0.1) is 8.78 Å².